The zero-order valence-electron chi connectivity index (χ0n) is 11.4. The maximum absolute atomic E-state index is 11.2. The molecule has 7 nitrogen and oxygen atoms in total. The lowest BCUT2D eigenvalue weighted by Crippen LogP contribution is -2.47. The van der Waals surface area contributed by atoms with Gasteiger partial charge in [0, 0.05) is 6.54 Å². The molecule has 2 unspecified atom stereocenters. The van der Waals surface area contributed by atoms with Crippen LogP contribution in [-0.2, 0) is 14.4 Å². The van der Waals surface area contributed by atoms with Crippen molar-refractivity contribution in [1.29, 1.82) is 0 Å². The molecule has 0 heterocycles. The fourth-order valence-corrected chi connectivity index (χ4v) is 1.76. The van der Waals surface area contributed by atoms with Gasteiger partial charge in [0.05, 0.1) is 12.5 Å². The van der Waals surface area contributed by atoms with Crippen molar-refractivity contribution in [3.63, 3.8) is 0 Å². The summed E-state index contributed by atoms with van der Waals surface area (Å²) >= 11 is 0. The molecule has 0 fully saturated rings. The zero-order chi connectivity index (χ0) is 15.2. The number of hydrogen-bond donors (Lipinski definition) is 3. The normalized spacial score (nSPS) is 14.4. The molecule has 110 valence electrons. The van der Waals surface area contributed by atoms with Gasteiger partial charge in [-0.1, -0.05) is 20.8 Å². The molecule has 0 saturated carbocycles. The van der Waals surface area contributed by atoms with E-state index in [2.05, 4.69) is 0 Å². The topological polar surface area (TPSA) is 115 Å². The van der Waals surface area contributed by atoms with Crippen molar-refractivity contribution in [2.24, 2.45) is 11.8 Å². The lowest BCUT2D eigenvalue weighted by atomic mass is 10.0. The number of nitrogens with zero attached hydrogens (tertiary/aromatic N) is 1. The Bertz CT molecular complexity index is 341. The molecule has 0 spiro atoms. The van der Waals surface area contributed by atoms with Crippen molar-refractivity contribution in [2.75, 3.05) is 13.1 Å². The van der Waals surface area contributed by atoms with Crippen LogP contribution in [0.3, 0.4) is 0 Å². The van der Waals surface area contributed by atoms with Crippen molar-refractivity contribution in [2.45, 2.75) is 33.2 Å². The minimum absolute atomic E-state index is 0.0672. The Morgan fingerprint density at radius 2 is 1.53 bits per heavy atom. The number of rotatable bonds is 9. The minimum Gasteiger partial charge on any atom is -0.481 e. The van der Waals surface area contributed by atoms with Gasteiger partial charge in [-0.05, 0) is 12.3 Å². The van der Waals surface area contributed by atoms with Gasteiger partial charge in [-0.3, -0.25) is 19.3 Å². The van der Waals surface area contributed by atoms with Crippen LogP contribution in [0.1, 0.15) is 27.2 Å². The van der Waals surface area contributed by atoms with Crippen molar-refractivity contribution in [1.82, 2.24) is 4.90 Å². The molecule has 0 saturated heterocycles. The summed E-state index contributed by atoms with van der Waals surface area (Å²) in [6.07, 6.45) is 0.273. The molecule has 0 aromatic heterocycles. The molecule has 0 radical (unpaired) electrons. The fourth-order valence-electron chi connectivity index (χ4n) is 1.76. The van der Waals surface area contributed by atoms with Gasteiger partial charge >= 0.3 is 17.9 Å². The summed E-state index contributed by atoms with van der Waals surface area (Å²) in [5.41, 5.74) is 0. The van der Waals surface area contributed by atoms with Gasteiger partial charge in [0.25, 0.3) is 0 Å². The molecule has 0 rings (SSSR count). The first-order valence-electron chi connectivity index (χ1n) is 6.06. The summed E-state index contributed by atoms with van der Waals surface area (Å²) < 4.78 is 0. The Labute approximate surface area is 111 Å². The molecule has 19 heavy (non-hydrogen) atoms. The molecule has 2 atom stereocenters. The standard InChI is InChI=1S/C12H21NO6/c1-7(2)4-9(12(18)19)13(6-10(14)15)5-8(3)11(16)17/h7-9H,4-6H2,1-3H3,(H,14,15)(H,16,17)(H,18,19). The fraction of sp³-hybridized carbons (Fsp3) is 0.750. The molecule has 0 aromatic carbocycles. The molecule has 0 bridgehead atoms. The second-order valence-corrected chi connectivity index (χ2v) is 5.05. The van der Waals surface area contributed by atoms with Gasteiger partial charge in [-0.2, -0.15) is 0 Å². The van der Waals surface area contributed by atoms with Gasteiger partial charge < -0.3 is 15.3 Å². The minimum atomic E-state index is -1.17. The first kappa shape index (κ1) is 17.4. The van der Waals surface area contributed by atoms with Gasteiger partial charge in [-0.15, -0.1) is 0 Å². The van der Waals surface area contributed by atoms with Crippen LogP contribution < -0.4 is 0 Å². The van der Waals surface area contributed by atoms with E-state index in [1.807, 2.05) is 13.8 Å². The van der Waals surface area contributed by atoms with E-state index in [0.29, 0.717) is 0 Å². The van der Waals surface area contributed by atoms with Gasteiger partial charge in [0.1, 0.15) is 6.04 Å². The van der Waals surface area contributed by atoms with E-state index < -0.39 is 36.4 Å². The Morgan fingerprint density at radius 3 is 1.84 bits per heavy atom. The lowest BCUT2D eigenvalue weighted by molar-refractivity contribution is -0.150. The highest BCUT2D eigenvalue weighted by atomic mass is 16.4. The van der Waals surface area contributed by atoms with Crippen LogP contribution >= 0.6 is 0 Å². The first-order valence-corrected chi connectivity index (χ1v) is 6.06. The number of carbonyl (C=O) groups is 3. The van der Waals surface area contributed by atoms with E-state index in [4.69, 9.17) is 10.2 Å². The van der Waals surface area contributed by atoms with Crippen molar-refractivity contribution >= 4 is 17.9 Å². The molecule has 0 aliphatic carbocycles. The van der Waals surface area contributed by atoms with Crippen LogP contribution in [-0.4, -0.2) is 57.3 Å². The Balaban J connectivity index is 5.00. The highest BCUT2D eigenvalue weighted by Crippen LogP contribution is 2.14. The van der Waals surface area contributed by atoms with Crippen molar-refractivity contribution in [3.8, 4) is 0 Å². The summed E-state index contributed by atoms with van der Waals surface area (Å²) in [6, 6.07) is -0.988. The second-order valence-electron chi connectivity index (χ2n) is 5.05. The van der Waals surface area contributed by atoms with E-state index in [0.717, 1.165) is 0 Å². The van der Waals surface area contributed by atoms with Crippen LogP contribution in [0.5, 0.6) is 0 Å². The van der Waals surface area contributed by atoms with Crippen molar-refractivity contribution < 1.29 is 29.7 Å². The van der Waals surface area contributed by atoms with E-state index in [9.17, 15) is 19.5 Å². The molecule has 0 amide bonds. The SMILES string of the molecule is CC(C)CC(C(=O)O)N(CC(=O)O)CC(C)C(=O)O. The quantitative estimate of drug-likeness (QED) is 0.564. The van der Waals surface area contributed by atoms with Gasteiger partial charge in [0.15, 0.2) is 0 Å². The molecule has 0 aromatic rings. The summed E-state index contributed by atoms with van der Waals surface area (Å²) in [4.78, 5) is 34.0. The lowest BCUT2D eigenvalue weighted by Gasteiger charge is -2.29. The molecule has 0 aliphatic heterocycles. The maximum Gasteiger partial charge on any atom is 0.320 e. The molecule has 0 aliphatic rings. The largest absolute Gasteiger partial charge is 0.481 e. The molecular weight excluding hydrogens is 254 g/mol. The van der Waals surface area contributed by atoms with Gasteiger partial charge in [-0.25, -0.2) is 0 Å². The molecule has 3 N–H and O–H groups in total. The number of carboxylic acid groups (broad SMARTS) is 3. The van der Waals surface area contributed by atoms with Crippen LogP contribution in [0.2, 0.25) is 0 Å². The molecule has 7 heteroatoms. The number of carboxylic acids is 3. The van der Waals surface area contributed by atoms with Crippen LogP contribution in [0, 0.1) is 11.8 Å². The first-order chi connectivity index (χ1) is 8.65. The average molecular weight is 275 g/mol. The van der Waals surface area contributed by atoms with E-state index in [-0.39, 0.29) is 18.9 Å². The predicted molar refractivity (Wildman–Crippen MR) is 66.9 cm³/mol. The van der Waals surface area contributed by atoms with Crippen LogP contribution in [0.15, 0.2) is 0 Å². The van der Waals surface area contributed by atoms with Gasteiger partial charge in [0.2, 0.25) is 0 Å². The number of aliphatic carboxylic acids is 3. The van der Waals surface area contributed by atoms with Crippen molar-refractivity contribution in [3.05, 3.63) is 0 Å². The van der Waals surface area contributed by atoms with E-state index >= 15 is 0 Å². The summed E-state index contributed by atoms with van der Waals surface area (Å²) in [5, 5.41) is 26.8. The Kier molecular flexibility index (Phi) is 7.06. The Morgan fingerprint density at radius 1 is 1.00 bits per heavy atom. The molecular formula is C12H21NO6. The summed E-state index contributed by atoms with van der Waals surface area (Å²) in [5.74, 6) is -4.14. The monoisotopic (exact) mass is 275 g/mol. The third-order valence-electron chi connectivity index (χ3n) is 2.69. The zero-order valence-corrected chi connectivity index (χ0v) is 11.4. The smallest absolute Gasteiger partial charge is 0.320 e. The van der Waals surface area contributed by atoms with E-state index in [1.165, 1.54) is 11.8 Å². The van der Waals surface area contributed by atoms with Crippen LogP contribution in [0.25, 0.3) is 0 Å². The summed E-state index contributed by atoms with van der Waals surface area (Å²) in [7, 11) is 0. The Hall–Kier alpha value is -1.63. The highest BCUT2D eigenvalue weighted by molar-refractivity contribution is 5.76. The van der Waals surface area contributed by atoms with Crippen LogP contribution in [0.4, 0.5) is 0 Å². The maximum atomic E-state index is 11.2. The third-order valence-corrected chi connectivity index (χ3v) is 2.69. The average Bonchev–Trinajstić information content (AvgIpc) is 2.23. The third kappa shape index (κ3) is 6.76. The highest BCUT2D eigenvalue weighted by Gasteiger charge is 2.30. The predicted octanol–water partition coefficient (Wildman–Crippen LogP) is 0.593. The van der Waals surface area contributed by atoms with E-state index in [1.54, 1.807) is 0 Å². The summed E-state index contributed by atoms with van der Waals surface area (Å²) in [6.45, 7) is 4.49. The number of hydrogen-bond acceptors (Lipinski definition) is 4. The second kappa shape index (κ2) is 7.73.